The zero-order valence-corrected chi connectivity index (χ0v) is 11.6. The lowest BCUT2D eigenvalue weighted by atomic mass is 10.0. The number of nitrogens with one attached hydrogen (secondary N) is 1. The van der Waals surface area contributed by atoms with Crippen LogP contribution in [0.4, 0.5) is 0 Å². The van der Waals surface area contributed by atoms with Crippen molar-refractivity contribution in [1.29, 1.82) is 0 Å². The Kier molecular flexibility index (Phi) is 5.39. The van der Waals surface area contributed by atoms with Crippen molar-refractivity contribution in [3.63, 3.8) is 0 Å². The van der Waals surface area contributed by atoms with Crippen LogP contribution in [0.25, 0.3) is 0 Å². The second-order valence-electron chi connectivity index (χ2n) is 4.92. The summed E-state index contributed by atoms with van der Waals surface area (Å²) in [5.41, 5.74) is 1.24. The average molecular weight is 265 g/mol. The van der Waals surface area contributed by atoms with Gasteiger partial charge in [-0.15, -0.1) is 0 Å². The second-order valence-corrected chi connectivity index (χ2v) is 4.92. The first-order chi connectivity index (χ1) is 9.31. The zero-order chi connectivity index (χ0) is 13.5. The molecule has 2 heterocycles. The number of carbonyl (C=O) groups is 1. The summed E-state index contributed by atoms with van der Waals surface area (Å²) in [6.45, 7) is 4.20. The van der Waals surface area contributed by atoms with Crippen molar-refractivity contribution in [3.05, 3.63) is 18.2 Å². The Morgan fingerprint density at radius 1 is 1.58 bits per heavy atom. The smallest absolute Gasteiger partial charge is 0.305 e. The number of hydrogen-bond donors (Lipinski definition) is 1. The van der Waals surface area contributed by atoms with Crippen molar-refractivity contribution in [1.82, 2.24) is 14.9 Å². The third-order valence-corrected chi connectivity index (χ3v) is 3.50. The van der Waals surface area contributed by atoms with E-state index in [0.29, 0.717) is 19.1 Å². The van der Waals surface area contributed by atoms with Crippen molar-refractivity contribution >= 4 is 5.97 Å². The van der Waals surface area contributed by atoms with Gasteiger partial charge in [0.25, 0.3) is 0 Å². The van der Waals surface area contributed by atoms with E-state index >= 15 is 0 Å². The van der Waals surface area contributed by atoms with Gasteiger partial charge in [-0.25, -0.2) is 4.98 Å². The van der Waals surface area contributed by atoms with Crippen LogP contribution in [0.5, 0.6) is 0 Å². The molecule has 1 aliphatic rings. The fourth-order valence-corrected chi connectivity index (χ4v) is 2.54. The van der Waals surface area contributed by atoms with Gasteiger partial charge in [-0.3, -0.25) is 4.79 Å². The molecule has 0 spiro atoms. The number of rotatable bonds is 6. The second kappa shape index (κ2) is 7.28. The molecule has 1 aliphatic heterocycles. The highest BCUT2D eigenvalue weighted by Gasteiger charge is 2.18. The summed E-state index contributed by atoms with van der Waals surface area (Å²) in [5.74, 6) is -0.111. The van der Waals surface area contributed by atoms with Gasteiger partial charge in [0.1, 0.15) is 0 Å². The van der Waals surface area contributed by atoms with Gasteiger partial charge in [-0.2, -0.15) is 0 Å². The molecular formula is C14H23N3O2. The third kappa shape index (κ3) is 4.06. The van der Waals surface area contributed by atoms with Gasteiger partial charge in [-0.05, 0) is 32.7 Å². The van der Waals surface area contributed by atoms with E-state index in [0.717, 1.165) is 19.5 Å². The molecule has 1 fully saturated rings. The van der Waals surface area contributed by atoms with E-state index in [1.54, 1.807) is 0 Å². The maximum Gasteiger partial charge on any atom is 0.305 e. The Balaban J connectivity index is 1.83. The minimum absolute atomic E-state index is 0.111. The Labute approximate surface area is 114 Å². The van der Waals surface area contributed by atoms with Gasteiger partial charge >= 0.3 is 5.97 Å². The van der Waals surface area contributed by atoms with Crippen LogP contribution >= 0.6 is 0 Å². The highest BCUT2D eigenvalue weighted by atomic mass is 16.5. The molecule has 1 saturated heterocycles. The molecule has 0 bridgehead atoms. The Hall–Kier alpha value is -1.36. The van der Waals surface area contributed by atoms with Crippen LogP contribution in [0.15, 0.2) is 12.5 Å². The van der Waals surface area contributed by atoms with E-state index in [4.69, 9.17) is 4.74 Å². The number of aromatic nitrogens is 2. The van der Waals surface area contributed by atoms with Gasteiger partial charge in [0, 0.05) is 25.2 Å². The van der Waals surface area contributed by atoms with Gasteiger partial charge in [0.15, 0.2) is 0 Å². The first kappa shape index (κ1) is 14.1. The van der Waals surface area contributed by atoms with Crippen LogP contribution in [0, 0.1) is 0 Å². The first-order valence-electron chi connectivity index (χ1n) is 7.20. The van der Waals surface area contributed by atoms with Crippen LogP contribution in [0.1, 0.15) is 50.8 Å². The van der Waals surface area contributed by atoms with E-state index in [9.17, 15) is 4.79 Å². The van der Waals surface area contributed by atoms with Gasteiger partial charge in [0.05, 0.1) is 18.6 Å². The molecule has 0 radical (unpaired) electrons. The number of esters is 1. The monoisotopic (exact) mass is 265 g/mol. The molecule has 0 saturated carbocycles. The van der Waals surface area contributed by atoms with Gasteiger partial charge in [-0.1, -0.05) is 6.42 Å². The number of ether oxygens (including phenoxy) is 1. The van der Waals surface area contributed by atoms with Crippen LogP contribution in [0.2, 0.25) is 0 Å². The summed E-state index contributed by atoms with van der Waals surface area (Å²) in [4.78, 5) is 15.5. The summed E-state index contributed by atoms with van der Waals surface area (Å²) in [5, 5.41) is 3.53. The van der Waals surface area contributed by atoms with E-state index in [1.165, 1.54) is 25.0 Å². The quantitative estimate of drug-likeness (QED) is 0.800. The molecular weight excluding hydrogens is 242 g/mol. The zero-order valence-electron chi connectivity index (χ0n) is 11.6. The Bertz CT molecular complexity index is 397. The summed E-state index contributed by atoms with van der Waals surface area (Å²) >= 11 is 0. The molecule has 1 aromatic rings. The normalized spacial score (nSPS) is 19.3. The van der Waals surface area contributed by atoms with Crippen LogP contribution in [0.3, 0.4) is 0 Å². The van der Waals surface area contributed by atoms with Crippen molar-refractivity contribution in [3.8, 4) is 0 Å². The lowest BCUT2D eigenvalue weighted by Crippen LogP contribution is -2.28. The molecule has 0 amide bonds. The molecule has 0 aliphatic carbocycles. The molecule has 1 atom stereocenters. The standard InChI is InChI=1S/C14H23N3O2/c1-2-19-14(18)7-5-9-17-11-15-10-13(17)12-6-3-4-8-16-12/h10-12,16H,2-9H2,1H3. The third-order valence-electron chi connectivity index (χ3n) is 3.50. The number of piperidine rings is 1. The number of nitrogens with zero attached hydrogens (tertiary/aromatic N) is 2. The number of hydrogen-bond acceptors (Lipinski definition) is 4. The van der Waals surface area contributed by atoms with Crippen molar-refractivity contribution in [2.75, 3.05) is 13.2 Å². The highest BCUT2D eigenvalue weighted by Crippen LogP contribution is 2.22. The fraction of sp³-hybridized carbons (Fsp3) is 0.714. The maximum absolute atomic E-state index is 11.3. The Morgan fingerprint density at radius 3 is 3.21 bits per heavy atom. The molecule has 19 heavy (non-hydrogen) atoms. The topological polar surface area (TPSA) is 56.2 Å². The minimum Gasteiger partial charge on any atom is -0.466 e. The van der Waals surface area contributed by atoms with E-state index in [-0.39, 0.29) is 5.97 Å². The SMILES string of the molecule is CCOC(=O)CCCn1cncc1C1CCCCN1. The van der Waals surface area contributed by atoms with E-state index in [2.05, 4.69) is 14.9 Å². The predicted molar refractivity (Wildman–Crippen MR) is 72.7 cm³/mol. The summed E-state index contributed by atoms with van der Waals surface area (Å²) in [6.07, 6.45) is 8.77. The van der Waals surface area contributed by atoms with Gasteiger partial charge in [0.2, 0.25) is 0 Å². The highest BCUT2D eigenvalue weighted by molar-refractivity contribution is 5.69. The fourth-order valence-electron chi connectivity index (χ4n) is 2.54. The lowest BCUT2D eigenvalue weighted by molar-refractivity contribution is -0.143. The summed E-state index contributed by atoms with van der Waals surface area (Å²) < 4.78 is 7.09. The summed E-state index contributed by atoms with van der Waals surface area (Å²) in [6, 6.07) is 0.416. The molecule has 1 aromatic heterocycles. The lowest BCUT2D eigenvalue weighted by Gasteiger charge is -2.24. The maximum atomic E-state index is 11.3. The molecule has 2 rings (SSSR count). The molecule has 1 N–H and O–H groups in total. The average Bonchev–Trinajstić information content (AvgIpc) is 2.88. The Morgan fingerprint density at radius 2 is 2.47 bits per heavy atom. The molecule has 5 nitrogen and oxygen atoms in total. The number of carbonyl (C=O) groups excluding carboxylic acids is 1. The number of imidazole rings is 1. The van der Waals surface area contributed by atoms with Crippen molar-refractivity contribution in [2.45, 2.75) is 51.6 Å². The van der Waals surface area contributed by atoms with Crippen molar-refractivity contribution in [2.24, 2.45) is 0 Å². The van der Waals surface area contributed by atoms with Crippen LogP contribution in [-0.2, 0) is 16.1 Å². The molecule has 106 valence electrons. The summed E-state index contributed by atoms with van der Waals surface area (Å²) in [7, 11) is 0. The van der Waals surface area contributed by atoms with Crippen LogP contribution < -0.4 is 5.32 Å². The minimum atomic E-state index is -0.111. The van der Waals surface area contributed by atoms with Gasteiger partial charge < -0.3 is 14.6 Å². The van der Waals surface area contributed by atoms with Crippen molar-refractivity contribution < 1.29 is 9.53 Å². The van der Waals surface area contributed by atoms with E-state index < -0.39 is 0 Å². The predicted octanol–water partition coefficient (Wildman–Crippen LogP) is 2.04. The number of aryl methyl sites for hydroxylation is 1. The molecule has 1 unspecified atom stereocenters. The van der Waals surface area contributed by atoms with E-state index in [1.807, 2.05) is 19.4 Å². The molecule has 0 aromatic carbocycles. The van der Waals surface area contributed by atoms with Crippen LogP contribution in [-0.4, -0.2) is 28.7 Å². The largest absolute Gasteiger partial charge is 0.466 e. The molecule has 5 heteroatoms. The first-order valence-corrected chi connectivity index (χ1v) is 7.20.